The summed E-state index contributed by atoms with van der Waals surface area (Å²) in [4.78, 5) is 12.1. The van der Waals surface area contributed by atoms with Crippen LogP contribution in [0.1, 0.15) is 0 Å². The van der Waals surface area contributed by atoms with Gasteiger partial charge in [0.1, 0.15) is 5.82 Å². The largest absolute Gasteiger partial charge is 0.354 e. The van der Waals surface area contributed by atoms with Crippen LogP contribution in [0.2, 0.25) is 5.02 Å². The Balaban J connectivity index is 1.43. The van der Waals surface area contributed by atoms with Gasteiger partial charge in [0.25, 0.3) is 0 Å². The molecule has 144 valence electrons. The van der Waals surface area contributed by atoms with Gasteiger partial charge in [-0.3, -0.25) is 4.68 Å². The van der Waals surface area contributed by atoms with Crippen LogP contribution in [0, 0.1) is 0 Å². The van der Waals surface area contributed by atoms with Crippen molar-refractivity contribution in [3.8, 4) is 22.5 Å². The zero-order chi connectivity index (χ0) is 20.0. The van der Waals surface area contributed by atoms with Crippen LogP contribution in [-0.4, -0.2) is 29.3 Å². The fourth-order valence-corrected chi connectivity index (χ4v) is 3.59. The number of H-pyrrole nitrogens is 1. The summed E-state index contributed by atoms with van der Waals surface area (Å²) in [5, 5.41) is 9.18. The number of anilines is 2. The summed E-state index contributed by atoms with van der Waals surface area (Å²) >= 11 is 6.52. The first kappa shape index (κ1) is 17.5. The third kappa shape index (κ3) is 3.25. The standard InChI is InChI=1S/C21H18ClN7/c1-28-12-23-10-20(28)13-3-4-17(16(22)5-13)27-21-7-19-14(8-24-21)6-18(26-19)15-9-25-29(2)11-15/h3-12,26H,1-2H3,(H,24,27). The number of aryl methyl sites for hydroxylation is 2. The van der Waals surface area contributed by atoms with Crippen LogP contribution in [0.5, 0.6) is 0 Å². The Labute approximate surface area is 172 Å². The van der Waals surface area contributed by atoms with E-state index in [-0.39, 0.29) is 0 Å². The number of hydrogen-bond donors (Lipinski definition) is 2. The fourth-order valence-electron chi connectivity index (χ4n) is 3.36. The monoisotopic (exact) mass is 403 g/mol. The summed E-state index contributed by atoms with van der Waals surface area (Å²) in [5.41, 5.74) is 5.84. The summed E-state index contributed by atoms with van der Waals surface area (Å²) in [7, 11) is 3.86. The molecule has 0 aliphatic heterocycles. The number of imidazole rings is 1. The maximum absolute atomic E-state index is 6.52. The molecule has 0 saturated carbocycles. The molecule has 2 N–H and O–H groups in total. The molecule has 0 aliphatic rings. The molecule has 7 nitrogen and oxygen atoms in total. The summed E-state index contributed by atoms with van der Waals surface area (Å²) < 4.78 is 3.74. The molecule has 29 heavy (non-hydrogen) atoms. The molecule has 4 heterocycles. The first-order chi connectivity index (χ1) is 14.1. The van der Waals surface area contributed by atoms with Gasteiger partial charge in [0, 0.05) is 54.8 Å². The highest BCUT2D eigenvalue weighted by atomic mass is 35.5. The van der Waals surface area contributed by atoms with E-state index in [4.69, 9.17) is 11.6 Å². The number of aromatic nitrogens is 6. The van der Waals surface area contributed by atoms with Gasteiger partial charge in [0.15, 0.2) is 0 Å². The van der Waals surface area contributed by atoms with Gasteiger partial charge in [-0.05, 0) is 18.2 Å². The Morgan fingerprint density at radius 2 is 1.93 bits per heavy atom. The van der Waals surface area contributed by atoms with E-state index in [0.717, 1.165) is 39.1 Å². The number of nitrogens with zero attached hydrogens (tertiary/aromatic N) is 5. The minimum Gasteiger partial charge on any atom is -0.354 e. The quantitative estimate of drug-likeness (QED) is 0.453. The van der Waals surface area contributed by atoms with E-state index in [1.165, 1.54) is 0 Å². The molecule has 5 rings (SSSR count). The van der Waals surface area contributed by atoms with Gasteiger partial charge < -0.3 is 14.9 Å². The molecular formula is C21H18ClN7. The third-order valence-electron chi connectivity index (χ3n) is 4.86. The fraction of sp³-hybridized carbons (Fsp3) is 0.0952. The minimum atomic E-state index is 0.619. The van der Waals surface area contributed by atoms with Crippen LogP contribution in [0.25, 0.3) is 33.4 Å². The van der Waals surface area contributed by atoms with E-state index >= 15 is 0 Å². The van der Waals surface area contributed by atoms with Crippen molar-refractivity contribution in [3.05, 3.63) is 66.5 Å². The van der Waals surface area contributed by atoms with Crippen molar-refractivity contribution < 1.29 is 0 Å². The number of nitrogens with one attached hydrogen (secondary N) is 2. The number of pyridine rings is 1. The molecular weight excluding hydrogens is 386 g/mol. The SMILES string of the molecule is Cn1cc(-c2cc3cnc(Nc4ccc(-c5cncn5C)cc4Cl)cc3[nH]2)cn1. The Kier molecular flexibility index (Phi) is 4.10. The Morgan fingerprint density at radius 1 is 1.03 bits per heavy atom. The molecule has 1 aromatic carbocycles. The van der Waals surface area contributed by atoms with E-state index in [0.29, 0.717) is 10.8 Å². The van der Waals surface area contributed by atoms with Crippen molar-refractivity contribution >= 4 is 34.0 Å². The number of aromatic amines is 1. The minimum absolute atomic E-state index is 0.619. The lowest BCUT2D eigenvalue weighted by Gasteiger charge is -2.10. The lowest BCUT2D eigenvalue weighted by atomic mass is 10.1. The molecule has 4 aromatic heterocycles. The van der Waals surface area contributed by atoms with Crippen LogP contribution >= 0.6 is 11.6 Å². The number of benzene rings is 1. The van der Waals surface area contributed by atoms with Crippen LogP contribution in [0.15, 0.2) is 61.4 Å². The lowest BCUT2D eigenvalue weighted by molar-refractivity contribution is 0.768. The maximum Gasteiger partial charge on any atom is 0.132 e. The summed E-state index contributed by atoms with van der Waals surface area (Å²) in [5.74, 6) is 0.715. The molecule has 5 aromatic rings. The molecule has 8 heteroatoms. The van der Waals surface area contributed by atoms with Gasteiger partial charge in [0.05, 0.1) is 40.6 Å². The molecule has 0 amide bonds. The number of fused-ring (bicyclic) bond motifs is 1. The second-order valence-electron chi connectivity index (χ2n) is 6.95. The summed E-state index contributed by atoms with van der Waals surface area (Å²) in [6.07, 6.45) is 9.23. The smallest absolute Gasteiger partial charge is 0.132 e. The van der Waals surface area contributed by atoms with E-state index in [9.17, 15) is 0 Å². The third-order valence-corrected chi connectivity index (χ3v) is 5.18. The first-order valence-corrected chi connectivity index (χ1v) is 9.46. The second kappa shape index (κ2) is 6.79. The average Bonchev–Trinajstić information content (AvgIpc) is 3.42. The van der Waals surface area contributed by atoms with Crippen molar-refractivity contribution in [2.45, 2.75) is 0 Å². The normalized spacial score (nSPS) is 11.3. The van der Waals surface area contributed by atoms with Crippen LogP contribution in [-0.2, 0) is 14.1 Å². The topological polar surface area (TPSA) is 76.3 Å². The predicted octanol–water partition coefficient (Wildman–Crippen LogP) is 4.76. The molecule has 0 unspecified atom stereocenters. The van der Waals surface area contributed by atoms with Gasteiger partial charge in [-0.25, -0.2) is 9.97 Å². The van der Waals surface area contributed by atoms with Crippen LogP contribution in [0.4, 0.5) is 11.5 Å². The van der Waals surface area contributed by atoms with E-state index < -0.39 is 0 Å². The van der Waals surface area contributed by atoms with Crippen LogP contribution < -0.4 is 5.32 Å². The summed E-state index contributed by atoms with van der Waals surface area (Å²) in [6, 6.07) is 9.93. The van der Waals surface area contributed by atoms with E-state index in [1.807, 2.05) is 67.7 Å². The number of halogens is 1. The molecule has 0 fully saturated rings. The van der Waals surface area contributed by atoms with Gasteiger partial charge in [-0.15, -0.1) is 0 Å². The van der Waals surface area contributed by atoms with Crippen molar-refractivity contribution in [3.63, 3.8) is 0 Å². The first-order valence-electron chi connectivity index (χ1n) is 9.08. The van der Waals surface area contributed by atoms with Gasteiger partial charge >= 0.3 is 0 Å². The lowest BCUT2D eigenvalue weighted by Crippen LogP contribution is -1.95. The van der Waals surface area contributed by atoms with Crippen molar-refractivity contribution in [2.75, 3.05) is 5.32 Å². The zero-order valence-electron chi connectivity index (χ0n) is 15.9. The predicted molar refractivity (Wildman–Crippen MR) is 115 cm³/mol. The Bertz CT molecular complexity index is 1330. The summed E-state index contributed by atoms with van der Waals surface area (Å²) in [6.45, 7) is 0. The highest BCUT2D eigenvalue weighted by molar-refractivity contribution is 6.33. The molecule has 0 saturated heterocycles. The number of rotatable bonds is 4. The highest BCUT2D eigenvalue weighted by Gasteiger charge is 2.10. The van der Waals surface area contributed by atoms with Crippen molar-refractivity contribution in [1.29, 1.82) is 0 Å². The van der Waals surface area contributed by atoms with E-state index in [1.54, 1.807) is 11.0 Å². The Morgan fingerprint density at radius 3 is 2.66 bits per heavy atom. The van der Waals surface area contributed by atoms with Crippen molar-refractivity contribution in [1.82, 2.24) is 29.3 Å². The molecule has 0 atom stereocenters. The van der Waals surface area contributed by atoms with Gasteiger partial charge in [0.2, 0.25) is 0 Å². The maximum atomic E-state index is 6.52. The van der Waals surface area contributed by atoms with Crippen LogP contribution in [0.3, 0.4) is 0 Å². The Hall–Kier alpha value is -3.58. The van der Waals surface area contributed by atoms with Gasteiger partial charge in [-0.2, -0.15) is 5.10 Å². The molecule has 0 aliphatic carbocycles. The molecule has 0 spiro atoms. The molecule has 0 radical (unpaired) electrons. The molecule has 0 bridgehead atoms. The number of hydrogen-bond acceptors (Lipinski definition) is 4. The van der Waals surface area contributed by atoms with Gasteiger partial charge in [-0.1, -0.05) is 17.7 Å². The van der Waals surface area contributed by atoms with E-state index in [2.05, 4.69) is 31.4 Å². The van der Waals surface area contributed by atoms with Crippen molar-refractivity contribution in [2.24, 2.45) is 14.1 Å². The second-order valence-corrected chi connectivity index (χ2v) is 7.36. The average molecular weight is 404 g/mol. The highest BCUT2D eigenvalue weighted by Crippen LogP contribution is 2.31. The zero-order valence-corrected chi connectivity index (χ0v) is 16.6.